The molecule has 1 aromatic carbocycles. The van der Waals surface area contributed by atoms with Crippen LogP contribution in [0.5, 0.6) is 5.75 Å². The average molecular weight is 209 g/mol. The summed E-state index contributed by atoms with van der Waals surface area (Å²) in [5.74, 6) is 0.871. The van der Waals surface area contributed by atoms with Crippen LogP contribution in [0.1, 0.15) is 26.3 Å². The number of hydrogen-bond acceptors (Lipinski definition) is 3. The van der Waals surface area contributed by atoms with Crippen molar-refractivity contribution in [1.29, 1.82) is 0 Å². The van der Waals surface area contributed by atoms with Gasteiger partial charge in [0, 0.05) is 6.54 Å². The molecule has 0 unspecified atom stereocenters. The molecule has 1 aromatic rings. The molecule has 1 N–H and O–H groups in total. The summed E-state index contributed by atoms with van der Waals surface area (Å²) in [6.45, 7) is 6.72. The van der Waals surface area contributed by atoms with E-state index in [0.29, 0.717) is 6.54 Å². The van der Waals surface area contributed by atoms with Gasteiger partial charge in [0.25, 0.3) is 0 Å². The standard InChI is InChI=1S/C12H19NO2/c1-12(2,3)15-13-9-10-5-7-11(14-4)8-6-10/h5-8,13H,9H2,1-4H3. The molecular weight excluding hydrogens is 190 g/mol. The Balaban J connectivity index is 2.38. The minimum absolute atomic E-state index is 0.160. The molecule has 15 heavy (non-hydrogen) atoms. The first-order chi connectivity index (χ1) is 7.01. The van der Waals surface area contributed by atoms with Gasteiger partial charge in [-0.1, -0.05) is 12.1 Å². The van der Waals surface area contributed by atoms with Crippen molar-refractivity contribution < 1.29 is 9.57 Å². The van der Waals surface area contributed by atoms with E-state index in [4.69, 9.17) is 9.57 Å². The second kappa shape index (κ2) is 5.14. The van der Waals surface area contributed by atoms with E-state index in [0.717, 1.165) is 5.75 Å². The van der Waals surface area contributed by atoms with E-state index in [1.165, 1.54) is 5.56 Å². The second-order valence-corrected chi connectivity index (χ2v) is 4.38. The van der Waals surface area contributed by atoms with E-state index in [1.807, 2.05) is 45.0 Å². The van der Waals surface area contributed by atoms with E-state index in [1.54, 1.807) is 7.11 Å². The molecule has 0 aliphatic heterocycles. The molecule has 0 fully saturated rings. The first kappa shape index (κ1) is 12.0. The van der Waals surface area contributed by atoms with Crippen LogP contribution in [-0.2, 0) is 11.4 Å². The fourth-order valence-electron chi connectivity index (χ4n) is 1.08. The molecule has 0 spiro atoms. The smallest absolute Gasteiger partial charge is 0.118 e. The minimum atomic E-state index is -0.160. The highest BCUT2D eigenvalue weighted by Gasteiger charge is 2.09. The first-order valence-corrected chi connectivity index (χ1v) is 5.05. The van der Waals surface area contributed by atoms with E-state index in [-0.39, 0.29) is 5.60 Å². The number of methoxy groups -OCH3 is 1. The molecule has 0 heterocycles. The van der Waals surface area contributed by atoms with Crippen molar-refractivity contribution >= 4 is 0 Å². The third-order valence-corrected chi connectivity index (χ3v) is 1.81. The van der Waals surface area contributed by atoms with Gasteiger partial charge >= 0.3 is 0 Å². The van der Waals surface area contributed by atoms with Gasteiger partial charge in [0.15, 0.2) is 0 Å². The van der Waals surface area contributed by atoms with Crippen LogP contribution in [0.3, 0.4) is 0 Å². The lowest BCUT2D eigenvalue weighted by Crippen LogP contribution is -2.28. The Morgan fingerprint density at radius 3 is 2.20 bits per heavy atom. The molecule has 0 saturated heterocycles. The maximum absolute atomic E-state index is 5.41. The molecule has 84 valence electrons. The monoisotopic (exact) mass is 209 g/mol. The van der Waals surface area contributed by atoms with Crippen molar-refractivity contribution in [2.45, 2.75) is 32.9 Å². The average Bonchev–Trinajstić information content (AvgIpc) is 2.17. The normalized spacial score (nSPS) is 11.5. The Morgan fingerprint density at radius 2 is 1.73 bits per heavy atom. The summed E-state index contributed by atoms with van der Waals surface area (Å²) in [6, 6.07) is 7.90. The third-order valence-electron chi connectivity index (χ3n) is 1.81. The Kier molecular flexibility index (Phi) is 4.12. The van der Waals surface area contributed by atoms with E-state index in [2.05, 4.69) is 5.48 Å². The fraction of sp³-hybridized carbons (Fsp3) is 0.500. The molecule has 0 aliphatic rings. The van der Waals surface area contributed by atoms with Gasteiger partial charge < -0.3 is 4.74 Å². The van der Waals surface area contributed by atoms with Crippen LogP contribution in [0.2, 0.25) is 0 Å². The molecule has 0 aromatic heterocycles. The maximum Gasteiger partial charge on any atom is 0.118 e. The third kappa shape index (κ3) is 4.81. The molecule has 0 radical (unpaired) electrons. The summed E-state index contributed by atoms with van der Waals surface area (Å²) in [5, 5.41) is 0. The van der Waals surface area contributed by atoms with Crippen molar-refractivity contribution in [2.75, 3.05) is 7.11 Å². The topological polar surface area (TPSA) is 30.5 Å². The summed E-state index contributed by atoms with van der Waals surface area (Å²) >= 11 is 0. The number of hydroxylamine groups is 1. The van der Waals surface area contributed by atoms with Gasteiger partial charge in [-0.05, 0) is 38.5 Å². The van der Waals surface area contributed by atoms with Crippen molar-refractivity contribution in [1.82, 2.24) is 5.48 Å². The Labute approximate surface area is 91.4 Å². The van der Waals surface area contributed by atoms with Gasteiger partial charge in [-0.25, -0.2) is 0 Å². The zero-order chi connectivity index (χ0) is 11.3. The van der Waals surface area contributed by atoms with Crippen molar-refractivity contribution in [3.63, 3.8) is 0 Å². The number of rotatable bonds is 4. The zero-order valence-electron chi connectivity index (χ0n) is 9.83. The van der Waals surface area contributed by atoms with Gasteiger partial charge in [0.1, 0.15) is 5.75 Å². The fourth-order valence-corrected chi connectivity index (χ4v) is 1.08. The lowest BCUT2D eigenvalue weighted by Gasteiger charge is -2.19. The molecular formula is C12H19NO2. The highest BCUT2D eigenvalue weighted by atomic mass is 16.7. The molecule has 0 amide bonds. The number of hydrogen-bond donors (Lipinski definition) is 1. The molecule has 0 atom stereocenters. The lowest BCUT2D eigenvalue weighted by atomic mass is 10.2. The van der Waals surface area contributed by atoms with Crippen molar-refractivity contribution in [3.8, 4) is 5.75 Å². The maximum atomic E-state index is 5.41. The van der Waals surface area contributed by atoms with Crippen LogP contribution in [0.15, 0.2) is 24.3 Å². The molecule has 1 rings (SSSR count). The summed E-state index contributed by atoms with van der Waals surface area (Å²) < 4.78 is 5.08. The number of nitrogens with one attached hydrogen (secondary N) is 1. The summed E-state index contributed by atoms with van der Waals surface area (Å²) in [4.78, 5) is 5.41. The SMILES string of the molecule is COc1ccc(CNOC(C)(C)C)cc1. The van der Waals surface area contributed by atoms with Gasteiger partial charge in [0.2, 0.25) is 0 Å². The van der Waals surface area contributed by atoms with E-state index in [9.17, 15) is 0 Å². The molecule has 0 aliphatic carbocycles. The molecule has 3 nitrogen and oxygen atoms in total. The summed E-state index contributed by atoms with van der Waals surface area (Å²) in [5.41, 5.74) is 3.94. The van der Waals surface area contributed by atoms with Gasteiger partial charge in [0.05, 0.1) is 12.7 Å². The lowest BCUT2D eigenvalue weighted by molar-refractivity contribution is -0.0757. The molecule has 0 saturated carbocycles. The van der Waals surface area contributed by atoms with E-state index >= 15 is 0 Å². The Bertz CT molecular complexity index is 287. The quantitative estimate of drug-likeness (QED) is 0.773. The van der Waals surface area contributed by atoms with Crippen LogP contribution >= 0.6 is 0 Å². The zero-order valence-corrected chi connectivity index (χ0v) is 9.83. The Morgan fingerprint density at radius 1 is 1.13 bits per heavy atom. The van der Waals surface area contributed by atoms with Crippen LogP contribution in [0, 0.1) is 0 Å². The summed E-state index contributed by atoms with van der Waals surface area (Å²) in [7, 11) is 1.66. The highest BCUT2D eigenvalue weighted by molar-refractivity contribution is 5.26. The van der Waals surface area contributed by atoms with Crippen molar-refractivity contribution in [2.24, 2.45) is 0 Å². The summed E-state index contributed by atoms with van der Waals surface area (Å²) in [6.07, 6.45) is 0. The number of benzene rings is 1. The first-order valence-electron chi connectivity index (χ1n) is 5.05. The van der Waals surface area contributed by atoms with E-state index < -0.39 is 0 Å². The van der Waals surface area contributed by atoms with Gasteiger partial charge in [-0.3, -0.25) is 4.84 Å². The van der Waals surface area contributed by atoms with Crippen LogP contribution in [0.25, 0.3) is 0 Å². The highest BCUT2D eigenvalue weighted by Crippen LogP contribution is 2.11. The van der Waals surface area contributed by atoms with Crippen LogP contribution < -0.4 is 10.2 Å². The molecule has 0 bridgehead atoms. The van der Waals surface area contributed by atoms with Gasteiger partial charge in [-0.2, -0.15) is 5.48 Å². The minimum Gasteiger partial charge on any atom is -0.497 e. The molecule has 3 heteroatoms. The number of ether oxygens (including phenoxy) is 1. The van der Waals surface area contributed by atoms with Crippen LogP contribution in [0.4, 0.5) is 0 Å². The largest absolute Gasteiger partial charge is 0.497 e. The predicted molar refractivity (Wildman–Crippen MR) is 60.7 cm³/mol. The van der Waals surface area contributed by atoms with Crippen LogP contribution in [-0.4, -0.2) is 12.7 Å². The predicted octanol–water partition coefficient (Wildman–Crippen LogP) is 2.51. The second-order valence-electron chi connectivity index (χ2n) is 4.38. The Hall–Kier alpha value is -1.06. The van der Waals surface area contributed by atoms with Gasteiger partial charge in [-0.15, -0.1) is 0 Å². The van der Waals surface area contributed by atoms with Crippen molar-refractivity contribution in [3.05, 3.63) is 29.8 Å².